The minimum absolute atomic E-state index is 0.274. The van der Waals surface area contributed by atoms with Crippen molar-refractivity contribution >= 4 is 17.3 Å². The topological polar surface area (TPSA) is 56.1 Å². The number of nitriles is 1. The molecule has 0 bridgehead atoms. The first kappa shape index (κ1) is 19.7. The highest BCUT2D eigenvalue weighted by Crippen LogP contribution is 2.28. The third-order valence-electron chi connectivity index (χ3n) is 5.40. The Morgan fingerprint density at radius 3 is 2.53 bits per heavy atom. The summed E-state index contributed by atoms with van der Waals surface area (Å²) >= 11 is 0. The van der Waals surface area contributed by atoms with Gasteiger partial charge in [0.25, 0.3) is 5.91 Å². The SMILES string of the molecule is N#Cc1cc(-c2ccccc2F)ccc1NC(=O)c1cccc(N2CCCCC2)c1. The lowest BCUT2D eigenvalue weighted by atomic mass is 10.0. The van der Waals surface area contributed by atoms with Crippen molar-refractivity contribution in [2.45, 2.75) is 19.3 Å². The van der Waals surface area contributed by atoms with E-state index < -0.39 is 0 Å². The number of carbonyl (C=O) groups is 1. The van der Waals surface area contributed by atoms with Gasteiger partial charge in [-0.25, -0.2) is 4.39 Å². The van der Waals surface area contributed by atoms with Gasteiger partial charge in [0.05, 0.1) is 11.3 Å². The van der Waals surface area contributed by atoms with E-state index >= 15 is 0 Å². The smallest absolute Gasteiger partial charge is 0.255 e. The normalized spacial score (nSPS) is 13.5. The Hall–Kier alpha value is -3.65. The van der Waals surface area contributed by atoms with E-state index in [1.165, 1.54) is 12.5 Å². The maximum atomic E-state index is 14.1. The summed E-state index contributed by atoms with van der Waals surface area (Å²) in [5.41, 5.74) is 3.29. The summed E-state index contributed by atoms with van der Waals surface area (Å²) in [4.78, 5) is 15.1. The number of hydrogen-bond acceptors (Lipinski definition) is 3. The van der Waals surface area contributed by atoms with Crippen LogP contribution in [-0.2, 0) is 0 Å². The Labute approximate surface area is 175 Å². The van der Waals surface area contributed by atoms with Gasteiger partial charge in [-0.05, 0) is 61.2 Å². The number of amides is 1. The lowest BCUT2D eigenvalue weighted by Gasteiger charge is -2.29. The minimum Gasteiger partial charge on any atom is -0.372 e. The van der Waals surface area contributed by atoms with E-state index in [1.807, 2.05) is 18.2 Å². The third-order valence-corrected chi connectivity index (χ3v) is 5.40. The first-order chi connectivity index (χ1) is 14.7. The monoisotopic (exact) mass is 399 g/mol. The van der Waals surface area contributed by atoms with Gasteiger partial charge in [-0.15, -0.1) is 0 Å². The molecule has 4 nitrogen and oxygen atoms in total. The van der Waals surface area contributed by atoms with E-state index in [-0.39, 0.29) is 17.3 Å². The Morgan fingerprint density at radius 1 is 0.967 bits per heavy atom. The molecule has 0 radical (unpaired) electrons. The number of rotatable bonds is 4. The average Bonchev–Trinajstić information content (AvgIpc) is 2.80. The molecule has 0 aliphatic carbocycles. The molecule has 3 aromatic carbocycles. The summed E-state index contributed by atoms with van der Waals surface area (Å²) in [6, 6.07) is 21.0. The van der Waals surface area contributed by atoms with Crippen molar-refractivity contribution in [1.29, 1.82) is 5.26 Å². The van der Waals surface area contributed by atoms with Gasteiger partial charge in [0.2, 0.25) is 0 Å². The second-order valence-electron chi connectivity index (χ2n) is 7.40. The van der Waals surface area contributed by atoms with Crippen molar-refractivity contribution < 1.29 is 9.18 Å². The summed E-state index contributed by atoms with van der Waals surface area (Å²) in [6.07, 6.45) is 3.57. The molecule has 30 heavy (non-hydrogen) atoms. The highest BCUT2D eigenvalue weighted by atomic mass is 19.1. The van der Waals surface area contributed by atoms with Crippen molar-refractivity contribution in [3.63, 3.8) is 0 Å². The molecule has 1 heterocycles. The molecule has 150 valence electrons. The van der Waals surface area contributed by atoms with Crippen LogP contribution in [0.2, 0.25) is 0 Å². The molecule has 1 N–H and O–H groups in total. The van der Waals surface area contributed by atoms with Gasteiger partial charge in [0.15, 0.2) is 0 Å². The van der Waals surface area contributed by atoms with Crippen LogP contribution in [0.15, 0.2) is 66.7 Å². The molecular formula is C25H22FN3O. The molecule has 1 aliphatic rings. The molecule has 0 saturated carbocycles. The number of nitrogens with zero attached hydrogens (tertiary/aromatic N) is 2. The number of anilines is 2. The average molecular weight is 399 g/mol. The highest BCUT2D eigenvalue weighted by Gasteiger charge is 2.15. The van der Waals surface area contributed by atoms with E-state index in [1.54, 1.807) is 42.5 Å². The number of halogens is 1. The molecule has 1 amide bonds. The van der Waals surface area contributed by atoms with Gasteiger partial charge in [0.1, 0.15) is 11.9 Å². The van der Waals surface area contributed by atoms with Crippen LogP contribution in [0.4, 0.5) is 15.8 Å². The van der Waals surface area contributed by atoms with Gasteiger partial charge in [-0.2, -0.15) is 5.26 Å². The fraction of sp³-hybridized carbons (Fsp3) is 0.200. The highest BCUT2D eigenvalue weighted by molar-refractivity contribution is 6.05. The molecule has 0 aromatic heterocycles. The van der Waals surface area contributed by atoms with Crippen LogP contribution >= 0.6 is 0 Å². The van der Waals surface area contributed by atoms with Crippen LogP contribution in [0, 0.1) is 17.1 Å². The number of benzene rings is 3. The zero-order valence-corrected chi connectivity index (χ0v) is 16.6. The molecule has 3 aromatic rings. The van der Waals surface area contributed by atoms with Gasteiger partial charge in [0, 0.05) is 29.9 Å². The molecule has 1 saturated heterocycles. The largest absolute Gasteiger partial charge is 0.372 e. The van der Waals surface area contributed by atoms with Gasteiger partial charge in [-0.3, -0.25) is 4.79 Å². The lowest BCUT2D eigenvalue weighted by Crippen LogP contribution is -2.29. The van der Waals surface area contributed by atoms with E-state index in [2.05, 4.69) is 16.3 Å². The van der Waals surface area contributed by atoms with E-state index in [4.69, 9.17) is 0 Å². The molecule has 0 atom stereocenters. The molecule has 4 rings (SSSR count). The molecule has 5 heteroatoms. The van der Waals surface area contributed by atoms with E-state index in [0.717, 1.165) is 31.6 Å². The second kappa shape index (κ2) is 8.79. The third kappa shape index (κ3) is 4.18. The Balaban J connectivity index is 1.56. The quantitative estimate of drug-likeness (QED) is 0.621. The number of hydrogen-bond donors (Lipinski definition) is 1. The molecule has 1 aliphatic heterocycles. The lowest BCUT2D eigenvalue weighted by molar-refractivity contribution is 0.102. The van der Waals surface area contributed by atoms with Crippen LogP contribution in [0.1, 0.15) is 35.2 Å². The summed E-state index contributed by atoms with van der Waals surface area (Å²) in [5.74, 6) is -0.628. The van der Waals surface area contributed by atoms with Crippen molar-refractivity contribution in [2.75, 3.05) is 23.3 Å². The van der Waals surface area contributed by atoms with Crippen LogP contribution < -0.4 is 10.2 Å². The summed E-state index contributed by atoms with van der Waals surface area (Å²) in [6.45, 7) is 2.00. The van der Waals surface area contributed by atoms with Gasteiger partial charge in [-0.1, -0.05) is 30.3 Å². The van der Waals surface area contributed by atoms with Gasteiger partial charge < -0.3 is 10.2 Å². The van der Waals surface area contributed by atoms with E-state index in [9.17, 15) is 14.4 Å². The maximum absolute atomic E-state index is 14.1. The van der Waals surface area contributed by atoms with Crippen LogP contribution in [-0.4, -0.2) is 19.0 Å². The number of piperidine rings is 1. The molecular weight excluding hydrogens is 377 g/mol. The zero-order valence-electron chi connectivity index (χ0n) is 16.6. The standard InChI is InChI=1S/C25H22FN3O/c26-23-10-3-2-9-22(23)18-11-12-24(20(15-18)17-27)28-25(30)19-7-6-8-21(16-19)29-13-4-1-5-14-29/h2-3,6-12,15-16H,1,4-5,13-14H2,(H,28,30). The molecule has 1 fully saturated rings. The van der Waals surface area contributed by atoms with Crippen molar-refractivity contribution in [2.24, 2.45) is 0 Å². The van der Waals surface area contributed by atoms with E-state index in [0.29, 0.717) is 22.4 Å². The fourth-order valence-electron chi connectivity index (χ4n) is 3.80. The number of nitrogens with one attached hydrogen (secondary N) is 1. The van der Waals surface area contributed by atoms with Crippen molar-refractivity contribution in [1.82, 2.24) is 0 Å². The maximum Gasteiger partial charge on any atom is 0.255 e. The predicted molar refractivity (Wildman–Crippen MR) is 117 cm³/mol. The first-order valence-corrected chi connectivity index (χ1v) is 10.1. The summed E-state index contributed by atoms with van der Waals surface area (Å²) < 4.78 is 14.1. The fourth-order valence-corrected chi connectivity index (χ4v) is 3.80. The van der Waals surface area contributed by atoms with Gasteiger partial charge >= 0.3 is 0 Å². The Morgan fingerprint density at radius 2 is 1.77 bits per heavy atom. The summed E-state index contributed by atoms with van der Waals surface area (Å²) in [5, 5.41) is 12.4. The molecule has 0 spiro atoms. The Bertz CT molecular complexity index is 1110. The van der Waals surface area contributed by atoms with Crippen LogP contribution in [0.5, 0.6) is 0 Å². The second-order valence-corrected chi connectivity index (χ2v) is 7.40. The van der Waals surface area contributed by atoms with Crippen LogP contribution in [0.25, 0.3) is 11.1 Å². The number of carbonyl (C=O) groups excluding carboxylic acids is 1. The first-order valence-electron chi connectivity index (χ1n) is 10.1. The molecule has 0 unspecified atom stereocenters. The zero-order chi connectivity index (χ0) is 20.9. The Kier molecular flexibility index (Phi) is 5.76. The van der Waals surface area contributed by atoms with Crippen molar-refractivity contribution in [3.8, 4) is 17.2 Å². The van der Waals surface area contributed by atoms with Crippen LogP contribution in [0.3, 0.4) is 0 Å². The predicted octanol–water partition coefficient (Wildman–Crippen LogP) is 5.61. The summed E-state index contributed by atoms with van der Waals surface area (Å²) in [7, 11) is 0. The van der Waals surface area contributed by atoms with Crippen molar-refractivity contribution in [3.05, 3.63) is 83.7 Å². The minimum atomic E-state index is -0.354.